The molecule has 3 rings (SSSR count). The van der Waals surface area contributed by atoms with Gasteiger partial charge in [-0.15, -0.1) is 0 Å². The number of nitrogens with one attached hydrogen (secondary N) is 1. The normalized spacial score (nSPS) is 21.4. The zero-order chi connectivity index (χ0) is 19.2. The van der Waals surface area contributed by atoms with Crippen molar-refractivity contribution in [3.8, 4) is 0 Å². The van der Waals surface area contributed by atoms with E-state index in [0.717, 1.165) is 38.4 Å². The Hall–Kier alpha value is -1.24. The summed E-state index contributed by atoms with van der Waals surface area (Å²) >= 11 is 7.82. The largest absolute Gasteiger partial charge is 0.340 e. The van der Waals surface area contributed by atoms with Crippen molar-refractivity contribution in [1.82, 2.24) is 15.1 Å². The average molecular weight is 410 g/mol. The van der Waals surface area contributed by atoms with Gasteiger partial charge in [0.2, 0.25) is 5.91 Å². The van der Waals surface area contributed by atoms with E-state index in [4.69, 9.17) is 11.6 Å². The summed E-state index contributed by atoms with van der Waals surface area (Å²) in [6, 6.07) is 6.91. The molecule has 0 aromatic heterocycles. The molecule has 2 unspecified atom stereocenters. The highest BCUT2D eigenvalue weighted by Gasteiger charge is 2.34. The molecule has 0 aliphatic carbocycles. The SMILES string of the molecule is CSCCC(NC(=O)c1ccccc1Cl)C(=O)N1CCC(N2CCCC2)C1. The first-order valence-electron chi connectivity index (χ1n) is 9.67. The van der Waals surface area contributed by atoms with Gasteiger partial charge in [-0.25, -0.2) is 0 Å². The van der Waals surface area contributed by atoms with E-state index in [0.29, 0.717) is 23.0 Å². The minimum Gasteiger partial charge on any atom is -0.340 e. The summed E-state index contributed by atoms with van der Waals surface area (Å²) in [5.41, 5.74) is 0.414. The molecule has 5 nitrogen and oxygen atoms in total. The number of thioether (sulfide) groups is 1. The molecule has 27 heavy (non-hydrogen) atoms. The molecule has 0 spiro atoms. The lowest BCUT2D eigenvalue weighted by Crippen LogP contribution is -2.49. The van der Waals surface area contributed by atoms with Crippen molar-refractivity contribution in [2.24, 2.45) is 0 Å². The fourth-order valence-corrected chi connectivity index (χ4v) is 4.63. The molecule has 1 aromatic rings. The van der Waals surface area contributed by atoms with E-state index in [1.165, 1.54) is 12.8 Å². The standard InChI is InChI=1S/C20H28ClN3O2S/c1-27-13-9-18(22-19(25)16-6-2-3-7-17(16)21)20(26)24-12-8-15(14-24)23-10-4-5-11-23/h2-3,6-7,15,18H,4-5,8-14H2,1H3,(H,22,25). The number of carbonyl (C=O) groups excluding carboxylic acids is 2. The maximum atomic E-state index is 13.1. The van der Waals surface area contributed by atoms with Crippen molar-refractivity contribution in [3.63, 3.8) is 0 Å². The average Bonchev–Trinajstić information content (AvgIpc) is 3.36. The maximum absolute atomic E-state index is 13.1. The zero-order valence-electron chi connectivity index (χ0n) is 15.8. The van der Waals surface area contributed by atoms with Crippen LogP contribution in [0.4, 0.5) is 0 Å². The van der Waals surface area contributed by atoms with E-state index in [9.17, 15) is 9.59 Å². The van der Waals surface area contributed by atoms with Gasteiger partial charge in [-0.05, 0) is 62.9 Å². The Morgan fingerprint density at radius 2 is 2.00 bits per heavy atom. The van der Waals surface area contributed by atoms with E-state index < -0.39 is 6.04 Å². The van der Waals surface area contributed by atoms with E-state index in [1.54, 1.807) is 36.0 Å². The molecule has 2 amide bonds. The van der Waals surface area contributed by atoms with Gasteiger partial charge in [0, 0.05) is 19.1 Å². The number of nitrogens with zero attached hydrogens (tertiary/aromatic N) is 2. The fourth-order valence-electron chi connectivity index (χ4n) is 3.94. The van der Waals surface area contributed by atoms with Gasteiger partial charge in [0.15, 0.2) is 0 Å². The smallest absolute Gasteiger partial charge is 0.253 e. The molecule has 1 N–H and O–H groups in total. The van der Waals surface area contributed by atoms with E-state index >= 15 is 0 Å². The van der Waals surface area contributed by atoms with Gasteiger partial charge in [-0.3, -0.25) is 14.5 Å². The van der Waals surface area contributed by atoms with Crippen LogP contribution in [0.15, 0.2) is 24.3 Å². The molecular formula is C20H28ClN3O2S. The van der Waals surface area contributed by atoms with Gasteiger partial charge in [-0.2, -0.15) is 11.8 Å². The quantitative estimate of drug-likeness (QED) is 0.752. The second kappa shape index (κ2) is 9.80. The second-order valence-corrected chi connectivity index (χ2v) is 8.65. The lowest BCUT2D eigenvalue weighted by Gasteiger charge is -2.26. The molecule has 2 aliphatic rings. The first-order chi connectivity index (χ1) is 13.1. The Bertz CT molecular complexity index is 666. The first kappa shape index (κ1) is 20.5. The molecule has 2 saturated heterocycles. The van der Waals surface area contributed by atoms with Crippen LogP contribution >= 0.6 is 23.4 Å². The Kier molecular flexibility index (Phi) is 7.44. The van der Waals surface area contributed by atoms with Crippen molar-refractivity contribution >= 4 is 35.2 Å². The van der Waals surface area contributed by atoms with E-state index in [-0.39, 0.29) is 11.8 Å². The minimum atomic E-state index is -0.501. The van der Waals surface area contributed by atoms with E-state index in [2.05, 4.69) is 10.2 Å². The highest BCUT2D eigenvalue weighted by Crippen LogP contribution is 2.22. The predicted molar refractivity (Wildman–Crippen MR) is 111 cm³/mol. The van der Waals surface area contributed by atoms with Gasteiger partial charge in [-0.1, -0.05) is 23.7 Å². The van der Waals surface area contributed by atoms with Crippen LogP contribution in [-0.2, 0) is 4.79 Å². The molecule has 0 bridgehead atoms. The number of hydrogen-bond acceptors (Lipinski definition) is 4. The lowest BCUT2D eigenvalue weighted by molar-refractivity contribution is -0.132. The Morgan fingerprint density at radius 1 is 1.26 bits per heavy atom. The monoisotopic (exact) mass is 409 g/mol. The highest BCUT2D eigenvalue weighted by atomic mass is 35.5. The number of amides is 2. The van der Waals surface area contributed by atoms with Crippen molar-refractivity contribution in [3.05, 3.63) is 34.9 Å². The van der Waals surface area contributed by atoms with Crippen LogP contribution in [0.5, 0.6) is 0 Å². The summed E-state index contributed by atoms with van der Waals surface area (Å²) < 4.78 is 0. The van der Waals surface area contributed by atoms with Crippen LogP contribution in [-0.4, -0.2) is 71.9 Å². The fraction of sp³-hybridized carbons (Fsp3) is 0.600. The summed E-state index contributed by atoms with van der Waals surface area (Å²) in [7, 11) is 0. The van der Waals surface area contributed by atoms with Crippen LogP contribution in [0, 0.1) is 0 Å². The number of hydrogen-bond donors (Lipinski definition) is 1. The molecule has 2 heterocycles. The van der Waals surface area contributed by atoms with Gasteiger partial charge in [0.25, 0.3) is 5.91 Å². The zero-order valence-corrected chi connectivity index (χ0v) is 17.4. The van der Waals surface area contributed by atoms with Crippen molar-refractivity contribution in [2.45, 2.75) is 37.8 Å². The molecule has 2 atom stereocenters. The van der Waals surface area contributed by atoms with Crippen LogP contribution in [0.1, 0.15) is 36.0 Å². The molecule has 0 saturated carbocycles. The van der Waals surface area contributed by atoms with Crippen molar-refractivity contribution in [2.75, 3.05) is 38.2 Å². The molecule has 2 fully saturated rings. The van der Waals surface area contributed by atoms with Gasteiger partial charge in [0.1, 0.15) is 6.04 Å². The third kappa shape index (κ3) is 5.18. The van der Waals surface area contributed by atoms with Gasteiger partial charge in [0.05, 0.1) is 10.6 Å². The number of halogens is 1. The molecule has 2 aliphatic heterocycles. The summed E-state index contributed by atoms with van der Waals surface area (Å²) in [5, 5.41) is 3.33. The summed E-state index contributed by atoms with van der Waals surface area (Å²) in [4.78, 5) is 30.2. The van der Waals surface area contributed by atoms with Crippen LogP contribution in [0.3, 0.4) is 0 Å². The molecule has 7 heteroatoms. The second-order valence-electron chi connectivity index (χ2n) is 7.26. The lowest BCUT2D eigenvalue weighted by atomic mass is 10.1. The Labute approximate surface area is 170 Å². The molecule has 1 aromatic carbocycles. The van der Waals surface area contributed by atoms with Gasteiger partial charge < -0.3 is 10.2 Å². The van der Waals surface area contributed by atoms with Crippen LogP contribution in [0.25, 0.3) is 0 Å². The summed E-state index contributed by atoms with van der Waals surface area (Å²) in [5.74, 6) is 0.573. The van der Waals surface area contributed by atoms with Crippen LogP contribution < -0.4 is 5.32 Å². The number of rotatable bonds is 7. The van der Waals surface area contributed by atoms with E-state index in [1.807, 2.05) is 11.2 Å². The first-order valence-corrected chi connectivity index (χ1v) is 11.4. The molecule has 148 valence electrons. The minimum absolute atomic E-state index is 0.0335. The Balaban J connectivity index is 1.64. The number of likely N-dealkylation sites (tertiary alicyclic amines) is 2. The molecule has 0 radical (unpaired) electrons. The summed E-state index contributed by atoms with van der Waals surface area (Å²) in [6.07, 6.45) is 6.18. The summed E-state index contributed by atoms with van der Waals surface area (Å²) in [6.45, 7) is 3.84. The van der Waals surface area contributed by atoms with Crippen LogP contribution in [0.2, 0.25) is 5.02 Å². The molecular weight excluding hydrogens is 382 g/mol. The van der Waals surface area contributed by atoms with Crippen molar-refractivity contribution in [1.29, 1.82) is 0 Å². The van der Waals surface area contributed by atoms with Gasteiger partial charge >= 0.3 is 0 Å². The maximum Gasteiger partial charge on any atom is 0.253 e. The number of benzene rings is 1. The highest BCUT2D eigenvalue weighted by molar-refractivity contribution is 7.98. The third-order valence-electron chi connectivity index (χ3n) is 5.46. The van der Waals surface area contributed by atoms with Crippen molar-refractivity contribution < 1.29 is 9.59 Å². The topological polar surface area (TPSA) is 52.7 Å². The third-order valence-corrected chi connectivity index (χ3v) is 6.44. The Morgan fingerprint density at radius 3 is 2.70 bits per heavy atom. The predicted octanol–water partition coefficient (Wildman–Crippen LogP) is 2.89. The number of carbonyl (C=O) groups is 2.